The van der Waals surface area contributed by atoms with Crippen LogP contribution < -0.4 is 5.32 Å². The van der Waals surface area contributed by atoms with Gasteiger partial charge in [0.1, 0.15) is 0 Å². The van der Waals surface area contributed by atoms with Crippen molar-refractivity contribution in [1.29, 1.82) is 0 Å². The topological polar surface area (TPSA) is 24.9 Å². The molecule has 1 N–H and O–H groups in total. The van der Waals surface area contributed by atoms with Crippen LogP contribution in [0.3, 0.4) is 0 Å². The van der Waals surface area contributed by atoms with Gasteiger partial charge in [-0.1, -0.05) is 24.3 Å². The summed E-state index contributed by atoms with van der Waals surface area (Å²) in [5.41, 5.74) is 4.88. The molecule has 0 fully saturated rings. The van der Waals surface area contributed by atoms with Crippen LogP contribution in [-0.2, 0) is 0 Å². The Morgan fingerprint density at radius 2 is 1.88 bits per heavy atom. The van der Waals surface area contributed by atoms with Crippen LogP contribution in [0.4, 0.5) is 5.69 Å². The number of aryl methyl sites for hydroxylation is 2. The monoisotopic (exact) mass is 226 g/mol. The van der Waals surface area contributed by atoms with Gasteiger partial charge in [-0.3, -0.25) is 4.98 Å². The maximum absolute atomic E-state index is 4.19. The van der Waals surface area contributed by atoms with Gasteiger partial charge in [0.15, 0.2) is 0 Å². The number of hydrogen-bond acceptors (Lipinski definition) is 2. The molecular weight excluding hydrogens is 208 g/mol. The first-order chi connectivity index (χ1) is 8.16. The summed E-state index contributed by atoms with van der Waals surface area (Å²) in [5, 5.41) is 3.48. The predicted octanol–water partition coefficient (Wildman–Crippen LogP) is 3.87. The fraction of sp³-hybridized carbons (Fsp3) is 0.267. The number of hydrogen-bond donors (Lipinski definition) is 1. The second-order valence-corrected chi connectivity index (χ2v) is 4.47. The van der Waals surface area contributed by atoms with Crippen LogP contribution in [-0.4, -0.2) is 4.98 Å². The molecule has 0 aliphatic carbocycles. The van der Waals surface area contributed by atoms with Crippen LogP contribution in [0.2, 0.25) is 0 Å². The van der Waals surface area contributed by atoms with E-state index < -0.39 is 0 Å². The van der Waals surface area contributed by atoms with E-state index in [0.29, 0.717) is 6.04 Å². The summed E-state index contributed by atoms with van der Waals surface area (Å²) < 4.78 is 0. The molecule has 0 saturated heterocycles. The van der Waals surface area contributed by atoms with Gasteiger partial charge in [-0.2, -0.15) is 0 Å². The highest BCUT2D eigenvalue weighted by atomic mass is 14.9. The largest absolute Gasteiger partial charge is 0.377 e. The van der Waals surface area contributed by atoms with Gasteiger partial charge in [0.2, 0.25) is 0 Å². The molecule has 2 heteroatoms. The Morgan fingerprint density at radius 3 is 2.59 bits per heavy atom. The van der Waals surface area contributed by atoms with Crippen molar-refractivity contribution in [3.8, 4) is 0 Å². The third-order valence-electron chi connectivity index (χ3n) is 2.91. The molecule has 1 aromatic heterocycles. The van der Waals surface area contributed by atoms with Crippen LogP contribution in [0.15, 0.2) is 42.7 Å². The van der Waals surface area contributed by atoms with E-state index in [2.05, 4.69) is 61.4 Å². The molecule has 1 atom stereocenters. The van der Waals surface area contributed by atoms with Gasteiger partial charge in [-0.15, -0.1) is 0 Å². The molecule has 2 nitrogen and oxygen atoms in total. The number of nitrogens with one attached hydrogen (secondary N) is 1. The highest BCUT2D eigenvalue weighted by Gasteiger charge is 2.07. The highest BCUT2D eigenvalue weighted by Crippen LogP contribution is 2.21. The lowest BCUT2D eigenvalue weighted by molar-refractivity contribution is 0.872. The van der Waals surface area contributed by atoms with Crippen molar-refractivity contribution in [2.24, 2.45) is 0 Å². The van der Waals surface area contributed by atoms with Gasteiger partial charge in [-0.25, -0.2) is 0 Å². The molecule has 0 amide bonds. The van der Waals surface area contributed by atoms with Crippen molar-refractivity contribution in [3.05, 3.63) is 59.4 Å². The van der Waals surface area contributed by atoms with Crippen LogP contribution >= 0.6 is 0 Å². The van der Waals surface area contributed by atoms with Crippen molar-refractivity contribution in [3.63, 3.8) is 0 Å². The molecule has 0 spiro atoms. The first kappa shape index (κ1) is 11.6. The van der Waals surface area contributed by atoms with E-state index in [9.17, 15) is 0 Å². The zero-order chi connectivity index (χ0) is 12.3. The summed E-state index contributed by atoms with van der Waals surface area (Å²) in [4.78, 5) is 4.19. The molecular formula is C15H18N2. The van der Waals surface area contributed by atoms with Gasteiger partial charge in [-0.05, 0) is 43.5 Å². The van der Waals surface area contributed by atoms with E-state index in [4.69, 9.17) is 0 Å². The van der Waals surface area contributed by atoms with E-state index in [1.807, 2.05) is 12.4 Å². The number of nitrogens with zero attached hydrogens (tertiary/aromatic N) is 1. The molecule has 0 aliphatic heterocycles. The first-order valence-electron chi connectivity index (χ1n) is 5.90. The third kappa shape index (κ3) is 2.84. The van der Waals surface area contributed by atoms with Crippen molar-refractivity contribution in [2.75, 3.05) is 5.32 Å². The highest BCUT2D eigenvalue weighted by molar-refractivity contribution is 5.45. The van der Waals surface area contributed by atoms with Crippen molar-refractivity contribution < 1.29 is 0 Å². The van der Waals surface area contributed by atoms with Gasteiger partial charge in [0.25, 0.3) is 0 Å². The Kier molecular flexibility index (Phi) is 3.43. The Labute approximate surface area is 103 Å². The van der Waals surface area contributed by atoms with Crippen LogP contribution in [0.25, 0.3) is 0 Å². The quantitative estimate of drug-likeness (QED) is 0.859. The first-order valence-corrected chi connectivity index (χ1v) is 5.90. The Hall–Kier alpha value is -1.83. The normalized spacial score (nSPS) is 12.2. The molecule has 0 radical (unpaired) electrons. The minimum absolute atomic E-state index is 0.291. The number of rotatable bonds is 3. The standard InChI is InChI=1S/C15H18N2/c1-11-8-14(10-16-9-11)17-13(3)15-7-5-4-6-12(15)2/h4-10,13,17H,1-3H3. The maximum atomic E-state index is 4.19. The summed E-state index contributed by atoms with van der Waals surface area (Å²) in [6.07, 6.45) is 3.73. The molecule has 0 bridgehead atoms. The predicted molar refractivity (Wildman–Crippen MR) is 72.2 cm³/mol. The SMILES string of the molecule is Cc1cncc(NC(C)c2ccccc2C)c1. The molecule has 17 heavy (non-hydrogen) atoms. The van der Waals surface area contributed by atoms with E-state index >= 15 is 0 Å². The van der Waals surface area contributed by atoms with Gasteiger partial charge in [0, 0.05) is 18.4 Å². The molecule has 0 saturated carbocycles. The van der Waals surface area contributed by atoms with Crippen LogP contribution in [0.1, 0.15) is 29.7 Å². The summed E-state index contributed by atoms with van der Waals surface area (Å²) in [6.45, 7) is 6.36. The fourth-order valence-electron chi connectivity index (χ4n) is 2.03. The number of anilines is 1. The van der Waals surface area contributed by atoms with E-state index in [0.717, 1.165) is 5.69 Å². The number of benzene rings is 1. The molecule has 1 aromatic carbocycles. The fourth-order valence-corrected chi connectivity index (χ4v) is 2.03. The second-order valence-electron chi connectivity index (χ2n) is 4.47. The average Bonchev–Trinajstić information content (AvgIpc) is 2.29. The zero-order valence-electron chi connectivity index (χ0n) is 10.6. The summed E-state index contributed by atoms with van der Waals surface area (Å²) >= 11 is 0. The molecule has 1 heterocycles. The Morgan fingerprint density at radius 1 is 1.12 bits per heavy atom. The molecule has 2 aromatic rings. The lowest BCUT2D eigenvalue weighted by Crippen LogP contribution is -2.08. The molecule has 0 aliphatic rings. The second kappa shape index (κ2) is 5.00. The van der Waals surface area contributed by atoms with Gasteiger partial charge >= 0.3 is 0 Å². The lowest BCUT2D eigenvalue weighted by atomic mass is 10.0. The summed E-state index contributed by atoms with van der Waals surface area (Å²) in [5.74, 6) is 0. The summed E-state index contributed by atoms with van der Waals surface area (Å²) in [7, 11) is 0. The minimum atomic E-state index is 0.291. The Balaban J connectivity index is 2.17. The molecule has 1 unspecified atom stereocenters. The lowest BCUT2D eigenvalue weighted by Gasteiger charge is -2.17. The van der Waals surface area contributed by atoms with Crippen LogP contribution in [0.5, 0.6) is 0 Å². The zero-order valence-corrected chi connectivity index (χ0v) is 10.6. The Bertz CT molecular complexity index is 506. The van der Waals surface area contributed by atoms with E-state index in [1.165, 1.54) is 16.7 Å². The maximum Gasteiger partial charge on any atom is 0.0534 e. The van der Waals surface area contributed by atoms with E-state index in [1.54, 1.807) is 0 Å². The molecule has 2 rings (SSSR count). The van der Waals surface area contributed by atoms with Gasteiger partial charge < -0.3 is 5.32 Å². The van der Waals surface area contributed by atoms with Gasteiger partial charge in [0.05, 0.1) is 5.69 Å². The van der Waals surface area contributed by atoms with E-state index in [-0.39, 0.29) is 0 Å². The molecule has 88 valence electrons. The number of pyridine rings is 1. The number of aromatic nitrogens is 1. The van der Waals surface area contributed by atoms with Crippen LogP contribution in [0, 0.1) is 13.8 Å². The summed E-state index contributed by atoms with van der Waals surface area (Å²) in [6, 6.07) is 10.9. The average molecular weight is 226 g/mol. The third-order valence-corrected chi connectivity index (χ3v) is 2.91. The smallest absolute Gasteiger partial charge is 0.0534 e. The van der Waals surface area contributed by atoms with Crippen molar-refractivity contribution >= 4 is 5.69 Å². The minimum Gasteiger partial charge on any atom is -0.377 e. The van der Waals surface area contributed by atoms with Crippen molar-refractivity contribution in [2.45, 2.75) is 26.8 Å². The van der Waals surface area contributed by atoms with Crippen molar-refractivity contribution in [1.82, 2.24) is 4.98 Å².